The van der Waals surface area contributed by atoms with E-state index in [1.165, 1.54) is 4.90 Å². The van der Waals surface area contributed by atoms with E-state index >= 15 is 0 Å². The van der Waals surface area contributed by atoms with E-state index in [2.05, 4.69) is 26.3 Å². The molecule has 0 saturated carbocycles. The van der Waals surface area contributed by atoms with Gasteiger partial charge in [0.05, 0.1) is 11.7 Å². The predicted molar refractivity (Wildman–Crippen MR) is 73.0 cm³/mol. The van der Waals surface area contributed by atoms with Crippen molar-refractivity contribution in [1.82, 2.24) is 9.88 Å². The molecular weight excluding hydrogens is 300 g/mol. The highest BCUT2D eigenvalue weighted by Gasteiger charge is 2.17. The van der Waals surface area contributed by atoms with Gasteiger partial charge in [0.25, 0.3) is 5.91 Å². The van der Waals surface area contributed by atoms with Crippen LogP contribution in [0.4, 0.5) is 5.82 Å². The number of aliphatic hydroxyl groups excluding tert-OH is 1. The largest absolute Gasteiger partial charge is 0.393 e. The molecule has 4 N–H and O–H groups in total. The Morgan fingerprint density at radius 1 is 1.72 bits per heavy atom. The molecule has 18 heavy (non-hydrogen) atoms. The Balaban J connectivity index is 2.85. The number of pyridine rings is 1. The molecule has 0 aromatic carbocycles. The summed E-state index contributed by atoms with van der Waals surface area (Å²) in [5.41, 5.74) is 2.78. The molecule has 0 spiro atoms. The Kier molecular flexibility index (Phi) is 5.52. The SMILES string of the molecule is CC(O)CCN(C)C(=O)c1cc(Br)cnc1NN. The maximum atomic E-state index is 12.2. The number of nitrogens with one attached hydrogen (secondary N) is 1. The van der Waals surface area contributed by atoms with Gasteiger partial charge in [-0.05, 0) is 35.3 Å². The molecular formula is C11H17BrN4O2. The number of halogens is 1. The number of anilines is 1. The number of amides is 1. The van der Waals surface area contributed by atoms with Crippen LogP contribution in [0.15, 0.2) is 16.7 Å². The number of hydrogen-bond acceptors (Lipinski definition) is 5. The standard InChI is InChI=1S/C11H17BrN4O2/c1-7(17)3-4-16(2)11(18)9-5-8(12)6-14-10(9)15-13/h5-7,17H,3-4,13H2,1-2H3,(H,14,15). The number of aliphatic hydroxyl groups is 1. The van der Waals surface area contributed by atoms with Gasteiger partial charge in [-0.2, -0.15) is 0 Å². The molecule has 1 rings (SSSR count). The van der Waals surface area contributed by atoms with Gasteiger partial charge in [-0.1, -0.05) is 0 Å². The predicted octanol–water partition coefficient (Wildman–Crippen LogP) is 0.973. The number of nitrogen functional groups attached to an aromatic ring is 1. The maximum Gasteiger partial charge on any atom is 0.257 e. The van der Waals surface area contributed by atoms with Crippen molar-refractivity contribution in [2.24, 2.45) is 5.84 Å². The highest BCUT2D eigenvalue weighted by molar-refractivity contribution is 9.10. The summed E-state index contributed by atoms with van der Waals surface area (Å²) in [4.78, 5) is 17.7. The molecule has 0 aliphatic rings. The third kappa shape index (κ3) is 3.94. The van der Waals surface area contributed by atoms with E-state index in [1.807, 2.05) is 0 Å². The minimum absolute atomic E-state index is 0.197. The van der Waals surface area contributed by atoms with Crippen LogP contribution in [0.25, 0.3) is 0 Å². The molecule has 1 atom stereocenters. The minimum Gasteiger partial charge on any atom is -0.393 e. The van der Waals surface area contributed by atoms with E-state index in [0.717, 1.165) is 0 Å². The van der Waals surface area contributed by atoms with Crippen LogP contribution in [0, 0.1) is 0 Å². The Hall–Kier alpha value is -1.18. The molecule has 7 heteroatoms. The average Bonchev–Trinajstić information content (AvgIpc) is 2.34. The first-order valence-corrected chi connectivity index (χ1v) is 6.30. The monoisotopic (exact) mass is 316 g/mol. The summed E-state index contributed by atoms with van der Waals surface area (Å²) < 4.78 is 0.703. The minimum atomic E-state index is -0.437. The summed E-state index contributed by atoms with van der Waals surface area (Å²) >= 11 is 3.26. The highest BCUT2D eigenvalue weighted by atomic mass is 79.9. The van der Waals surface area contributed by atoms with E-state index in [1.54, 1.807) is 26.2 Å². The zero-order valence-electron chi connectivity index (χ0n) is 10.4. The molecule has 0 radical (unpaired) electrons. The van der Waals surface area contributed by atoms with Crippen molar-refractivity contribution in [1.29, 1.82) is 0 Å². The second-order valence-electron chi connectivity index (χ2n) is 4.06. The van der Waals surface area contributed by atoms with Crippen LogP contribution in [-0.2, 0) is 0 Å². The number of nitrogens with two attached hydrogens (primary N) is 1. The third-order valence-electron chi connectivity index (χ3n) is 2.45. The Bertz CT molecular complexity index is 426. The van der Waals surface area contributed by atoms with E-state index in [-0.39, 0.29) is 5.91 Å². The van der Waals surface area contributed by atoms with Crippen LogP contribution in [0.3, 0.4) is 0 Å². The van der Waals surface area contributed by atoms with Crippen molar-refractivity contribution in [3.63, 3.8) is 0 Å². The van der Waals surface area contributed by atoms with E-state index < -0.39 is 6.10 Å². The highest BCUT2D eigenvalue weighted by Crippen LogP contribution is 2.18. The molecule has 6 nitrogen and oxygen atoms in total. The van der Waals surface area contributed by atoms with Crippen LogP contribution < -0.4 is 11.3 Å². The molecule has 0 fully saturated rings. The zero-order valence-corrected chi connectivity index (χ0v) is 11.9. The van der Waals surface area contributed by atoms with Crippen LogP contribution in [0.1, 0.15) is 23.7 Å². The molecule has 0 aliphatic heterocycles. The van der Waals surface area contributed by atoms with Crippen LogP contribution >= 0.6 is 15.9 Å². The summed E-state index contributed by atoms with van der Waals surface area (Å²) in [6.45, 7) is 2.15. The summed E-state index contributed by atoms with van der Waals surface area (Å²) in [5.74, 6) is 5.45. The van der Waals surface area contributed by atoms with Gasteiger partial charge >= 0.3 is 0 Å². The summed E-state index contributed by atoms with van der Waals surface area (Å²) in [6.07, 6.45) is 1.64. The fourth-order valence-corrected chi connectivity index (χ4v) is 1.74. The van der Waals surface area contributed by atoms with E-state index in [0.29, 0.717) is 28.8 Å². The quantitative estimate of drug-likeness (QED) is 0.556. The van der Waals surface area contributed by atoms with Crippen LogP contribution in [0.5, 0.6) is 0 Å². The molecule has 1 amide bonds. The number of hydrogen-bond donors (Lipinski definition) is 3. The molecule has 1 aromatic rings. The Labute approximate surface area is 114 Å². The lowest BCUT2D eigenvalue weighted by Gasteiger charge is -2.19. The van der Waals surface area contributed by atoms with Crippen molar-refractivity contribution in [2.45, 2.75) is 19.4 Å². The summed E-state index contributed by atoms with van der Waals surface area (Å²) in [5, 5.41) is 9.21. The van der Waals surface area contributed by atoms with Crippen molar-refractivity contribution in [3.05, 3.63) is 22.3 Å². The maximum absolute atomic E-state index is 12.2. The van der Waals surface area contributed by atoms with E-state index in [9.17, 15) is 9.90 Å². The number of nitrogens with zero attached hydrogens (tertiary/aromatic N) is 2. The molecule has 1 aromatic heterocycles. The number of carbonyl (C=O) groups is 1. The third-order valence-corrected chi connectivity index (χ3v) is 2.88. The Morgan fingerprint density at radius 3 is 2.94 bits per heavy atom. The molecule has 1 unspecified atom stereocenters. The van der Waals surface area contributed by atoms with Gasteiger partial charge in [-0.25, -0.2) is 10.8 Å². The first-order valence-electron chi connectivity index (χ1n) is 5.51. The van der Waals surface area contributed by atoms with Crippen molar-refractivity contribution >= 4 is 27.7 Å². The number of aromatic nitrogens is 1. The normalized spacial score (nSPS) is 12.1. The molecule has 0 saturated heterocycles. The van der Waals surface area contributed by atoms with Gasteiger partial charge in [-0.3, -0.25) is 4.79 Å². The number of rotatable bonds is 5. The lowest BCUT2D eigenvalue weighted by molar-refractivity contribution is 0.0769. The first kappa shape index (κ1) is 14.9. The average molecular weight is 317 g/mol. The van der Waals surface area contributed by atoms with Gasteiger partial charge < -0.3 is 15.4 Å². The topological polar surface area (TPSA) is 91.5 Å². The van der Waals surface area contributed by atoms with Gasteiger partial charge in [-0.15, -0.1) is 0 Å². The fraction of sp³-hybridized carbons (Fsp3) is 0.455. The van der Waals surface area contributed by atoms with Gasteiger partial charge in [0, 0.05) is 24.3 Å². The second-order valence-corrected chi connectivity index (χ2v) is 4.97. The molecule has 100 valence electrons. The smallest absolute Gasteiger partial charge is 0.257 e. The van der Waals surface area contributed by atoms with Crippen molar-refractivity contribution in [3.8, 4) is 0 Å². The zero-order chi connectivity index (χ0) is 13.7. The first-order chi connectivity index (χ1) is 8.45. The molecule has 1 heterocycles. The summed E-state index contributed by atoms with van der Waals surface area (Å²) in [7, 11) is 1.67. The van der Waals surface area contributed by atoms with Gasteiger partial charge in [0.2, 0.25) is 0 Å². The van der Waals surface area contributed by atoms with Crippen molar-refractivity contribution in [2.75, 3.05) is 19.0 Å². The molecule has 0 aliphatic carbocycles. The number of hydrazine groups is 1. The lowest BCUT2D eigenvalue weighted by atomic mass is 10.2. The van der Waals surface area contributed by atoms with Crippen molar-refractivity contribution < 1.29 is 9.90 Å². The molecule has 0 bridgehead atoms. The Morgan fingerprint density at radius 2 is 2.39 bits per heavy atom. The summed E-state index contributed by atoms with van der Waals surface area (Å²) in [6, 6.07) is 1.66. The van der Waals surface area contributed by atoms with Crippen LogP contribution in [0.2, 0.25) is 0 Å². The lowest BCUT2D eigenvalue weighted by Crippen LogP contribution is -2.30. The fourth-order valence-electron chi connectivity index (χ4n) is 1.40. The van der Waals surface area contributed by atoms with Crippen LogP contribution in [-0.4, -0.2) is 40.6 Å². The second kappa shape index (κ2) is 6.67. The van der Waals surface area contributed by atoms with Gasteiger partial charge in [0.1, 0.15) is 0 Å². The van der Waals surface area contributed by atoms with E-state index in [4.69, 9.17) is 5.84 Å². The van der Waals surface area contributed by atoms with Gasteiger partial charge in [0.15, 0.2) is 5.82 Å². The number of carbonyl (C=O) groups excluding carboxylic acids is 1.